The van der Waals surface area contributed by atoms with Crippen LogP contribution in [0.3, 0.4) is 0 Å². The lowest BCUT2D eigenvalue weighted by Crippen LogP contribution is -2.27. The average Bonchev–Trinajstić information content (AvgIpc) is 3.03. The molecule has 1 atom stereocenters. The van der Waals surface area contributed by atoms with Gasteiger partial charge < -0.3 is 24.8 Å². The first kappa shape index (κ1) is 20.6. The van der Waals surface area contributed by atoms with Gasteiger partial charge in [0.2, 0.25) is 0 Å². The minimum absolute atomic E-state index is 0.192. The highest BCUT2D eigenvalue weighted by Crippen LogP contribution is 2.34. The quantitative estimate of drug-likeness (QED) is 0.592. The number of hydrogen-bond donors (Lipinski definition) is 2. The zero-order chi connectivity index (χ0) is 21.6. The molecule has 6 heteroatoms. The van der Waals surface area contributed by atoms with Gasteiger partial charge in [0.25, 0.3) is 5.91 Å². The molecule has 31 heavy (non-hydrogen) atoms. The fourth-order valence-electron chi connectivity index (χ4n) is 3.49. The van der Waals surface area contributed by atoms with E-state index in [-0.39, 0.29) is 5.91 Å². The third-order valence-electron chi connectivity index (χ3n) is 5.07. The molecule has 1 heterocycles. The molecule has 2 N–H and O–H groups in total. The van der Waals surface area contributed by atoms with Crippen LogP contribution < -0.4 is 24.8 Å². The smallest absolute Gasteiger partial charge is 0.251 e. The molecular formula is C25H26N2O4. The zero-order valence-corrected chi connectivity index (χ0v) is 17.7. The van der Waals surface area contributed by atoms with Gasteiger partial charge in [-0.25, -0.2) is 0 Å². The molecule has 0 spiro atoms. The summed E-state index contributed by atoms with van der Waals surface area (Å²) in [4.78, 5) is 13.4. The van der Waals surface area contributed by atoms with Crippen LogP contribution in [0.2, 0.25) is 0 Å². The SMILES string of the molecule is COc1ccc(C)cc1NC(=O)C(Nc1ccc2c(c1)OCCCO2)c1ccccc1. The molecule has 4 rings (SSSR count). The number of nitrogens with one attached hydrogen (secondary N) is 2. The zero-order valence-electron chi connectivity index (χ0n) is 17.7. The van der Waals surface area contributed by atoms with Crippen LogP contribution in [0.25, 0.3) is 0 Å². The number of benzene rings is 3. The molecule has 0 aromatic heterocycles. The normalized spacial score (nSPS) is 13.6. The van der Waals surface area contributed by atoms with E-state index in [0.717, 1.165) is 23.2 Å². The number of hydrogen-bond acceptors (Lipinski definition) is 5. The number of carbonyl (C=O) groups is 1. The molecule has 1 aliphatic heterocycles. The topological polar surface area (TPSA) is 68.8 Å². The molecule has 1 amide bonds. The molecule has 3 aromatic rings. The van der Waals surface area contributed by atoms with Crippen LogP contribution in [0, 0.1) is 6.92 Å². The van der Waals surface area contributed by atoms with Gasteiger partial charge >= 0.3 is 0 Å². The van der Waals surface area contributed by atoms with Crippen LogP contribution >= 0.6 is 0 Å². The van der Waals surface area contributed by atoms with Crippen LogP contribution in [-0.4, -0.2) is 26.2 Å². The Bertz CT molecular complexity index is 1050. The summed E-state index contributed by atoms with van der Waals surface area (Å²) in [7, 11) is 1.59. The largest absolute Gasteiger partial charge is 0.495 e. The van der Waals surface area contributed by atoms with Crippen molar-refractivity contribution >= 4 is 17.3 Å². The Balaban J connectivity index is 1.62. The van der Waals surface area contributed by atoms with Gasteiger partial charge in [-0.05, 0) is 42.3 Å². The van der Waals surface area contributed by atoms with Gasteiger partial charge in [0.1, 0.15) is 11.8 Å². The fourth-order valence-corrected chi connectivity index (χ4v) is 3.49. The van der Waals surface area contributed by atoms with Crippen LogP contribution in [-0.2, 0) is 4.79 Å². The molecule has 0 bridgehead atoms. The van der Waals surface area contributed by atoms with Gasteiger partial charge in [-0.15, -0.1) is 0 Å². The Morgan fingerprint density at radius 3 is 2.52 bits per heavy atom. The molecule has 0 saturated heterocycles. The maximum Gasteiger partial charge on any atom is 0.251 e. The second-order valence-electron chi connectivity index (χ2n) is 7.39. The van der Waals surface area contributed by atoms with E-state index in [1.807, 2.05) is 73.7 Å². The lowest BCUT2D eigenvalue weighted by molar-refractivity contribution is -0.117. The second-order valence-corrected chi connectivity index (χ2v) is 7.39. The van der Waals surface area contributed by atoms with Crippen molar-refractivity contribution in [3.63, 3.8) is 0 Å². The summed E-state index contributed by atoms with van der Waals surface area (Å²) in [5.74, 6) is 1.81. The Morgan fingerprint density at radius 1 is 0.968 bits per heavy atom. The first-order chi connectivity index (χ1) is 15.1. The van der Waals surface area contributed by atoms with Crippen molar-refractivity contribution in [2.45, 2.75) is 19.4 Å². The van der Waals surface area contributed by atoms with Crippen molar-refractivity contribution in [1.82, 2.24) is 0 Å². The monoisotopic (exact) mass is 418 g/mol. The van der Waals surface area contributed by atoms with E-state index in [1.165, 1.54) is 0 Å². The summed E-state index contributed by atoms with van der Waals surface area (Å²) in [6, 6.07) is 20.3. The maximum absolute atomic E-state index is 13.4. The van der Waals surface area contributed by atoms with Crippen molar-refractivity contribution in [3.05, 3.63) is 77.9 Å². The number of amides is 1. The van der Waals surface area contributed by atoms with Crippen LogP contribution in [0.15, 0.2) is 66.7 Å². The highest BCUT2D eigenvalue weighted by molar-refractivity contribution is 5.98. The lowest BCUT2D eigenvalue weighted by atomic mass is 10.1. The number of methoxy groups -OCH3 is 1. The minimum Gasteiger partial charge on any atom is -0.495 e. The molecule has 1 unspecified atom stereocenters. The summed E-state index contributed by atoms with van der Waals surface area (Å²) in [5.41, 5.74) is 3.28. The number of ether oxygens (including phenoxy) is 3. The highest BCUT2D eigenvalue weighted by atomic mass is 16.5. The molecule has 6 nitrogen and oxygen atoms in total. The molecule has 0 radical (unpaired) electrons. The molecular weight excluding hydrogens is 392 g/mol. The third-order valence-corrected chi connectivity index (χ3v) is 5.07. The van der Waals surface area contributed by atoms with Crippen LogP contribution in [0.1, 0.15) is 23.6 Å². The van der Waals surface area contributed by atoms with E-state index in [2.05, 4.69) is 10.6 Å². The van der Waals surface area contributed by atoms with Gasteiger partial charge in [-0.2, -0.15) is 0 Å². The van der Waals surface area contributed by atoms with Crippen molar-refractivity contribution in [3.8, 4) is 17.2 Å². The molecule has 3 aromatic carbocycles. The van der Waals surface area contributed by atoms with Gasteiger partial charge in [0, 0.05) is 18.2 Å². The predicted octanol–water partition coefficient (Wildman–Crippen LogP) is 4.96. The van der Waals surface area contributed by atoms with Crippen molar-refractivity contribution in [2.75, 3.05) is 31.0 Å². The lowest BCUT2D eigenvalue weighted by Gasteiger charge is -2.21. The number of rotatable bonds is 6. The molecule has 0 aliphatic carbocycles. The maximum atomic E-state index is 13.4. The predicted molar refractivity (Wildman–Crippen MR) is 121 cm³/mol. The van der Waals surface area contributed by atoms with Crippen LogP contribution in [0.5, 0.6) is 17.2 Å². The van der Waals surface area contributed by atoms with Gasteiger partial charge in [-0.3, -0.25) is 4.79 Å². The van der Waals surface area contributed by atoms with Crippen molar-refractivity contribution in [1.29, 1.82) is 0 Å². The van der Waals surface area contributed by atoms with Crippen molar-refractivity contribution < 1.29 is 19.0 Å². The number of fused-ring (bicyclic) bond motifs is 1. The molecule has 1 aliphatic rings. The van der Waals surface area contributed by atoms with E-state index in [0.29, 0.717) is 36.1 Å². The average molecular weight is 418 g/mol. The van der Waals surface area contributed by atoms with Gasteiger partial charge in [0.15, 0.2) is 11.5 Å². The van der Waals surface area contributed by atoms with E-state index in [4.69, 9.17) is 14.2 Å². The first-order valence-electron chi connectivity index (χ1n) is 10.3. The van der Waals surface area contributed by atoms with E-state index < -0.39 is 6.04 Å². The highest BCUT2D eigenvalue weighted by Gasteiger charge is 2.23. The van der Waals surface area contributed by atoms with Gasteiger partial charge in [-0.1, -0.05) is 36.4 Å². The molecule has 0 fully saturated rings. The summed E-state index contributed by atoms with van der Waals surface area (Å²) < 4.78 is 16.9. The number of carbonyl (C=O) groups excluding carboxylic acids is 1. The number of anilines is 2. The van der Waals surface area contributed by atoms with Gasteiger partial charge in [0.05, 0.1) is 26.0 Å². The Hall–Kier alpha value is -3.67. The second kappa shape index (κ2) is 9.43. The van der Waals surface area contributed by atoms with E-state index >= 15 is 0 Å². The Labute approximate surface area is 182 Å². The minimum atomic E-state index is -0.615. The van der Waals surface area contributed by atoms with Crippen molar-refractivity contribution in [2.24, 2.45) is 0 Å². The van der Waals surface area contributed by atoms with E-state index in [1.54, 1.807) is 7.11 Å². The number of aryl methyl sites for hydroxylation is 1. The van der Waals surface area contributed by atoms with E-state index in [9.17, 15) is 4.79 Å². The standard InChI is InChI=1S/C25H26N2O4/c1-17-9-11-21(29-2)20(15-17)27-25(28)24(18-7-4-3-5-8-18)26-19-10-12-22-23(16-19)31-14-6-13-30-22/h3-5,7-12,15-16,24,26H,6,13-14H2,1-2H3,(H,27,28). The summed E-state index contributed by atoms with van der Waals surface area (Å²) >= 11 is 0. The molecule has 160 valence electrons. The Morgan fingerprint density at radius 2 is 1.74 bits per heavy atom. The summed E-state index contributed by atoms with van der Waals surface area (Å²) in [6.45, 7) is 3.21. The fraction of sp³-hybridized carbons (Fsp3) is 0.240. The summed E-state index contributed by atoms with van der Waals surface area (Å²) in [5, 5.41) is 6.36. The van der Waals surface area contributed by atoms with Crippen LogP contribution in [0.4, 0.5) is 11.4 Å². The molecule has 0 saturated carbocycles. The Kier molecular flexibility index (Phi) is 6.26. The summed E-state index contributed by atoms with van der Waals surface area (Å²) in [6.07, 6.45) is 0.838. The third kappa shape index (κ3) is 4.91. The first-order valence-corrected chi connectivity index (χ1v) is 10.3.